The third-order valence-corrected chi connectivity index (χ3v) is 4.64. The van der Waals surface area contributed by atoms with Crippen LogP contribution < -0.4 is 10.1 Å². The molecule has 3 heteroatoms. The summed E-state index contributed by atoms with van der Waals surface area (Å²) in [6.45, 7) is 2.13. The Hall–Kier alpha value is -2.29. The van der Waals surface area contributed by atoms with Crippen LogP contribution in [0.15, 0.2) is 48.5 Å². The lowest BCUT2D eigenvalue weighted by Crippen LogP contribution is -2.32. The van der Waals surface area contributed by atoms with Crippen LogP contribution in [0.2, 0.25) is 0 Å². The fourth-order valence-electron chi connectivity index (χ4n) is 3.29. The topological polar surface area (TPSA) is 38.3 Å². The molecule has 0 aromatic heterocycles. The fourth-order valence-corrected chi connectivity index (χ4v) is 3.29. The maximum Gasteiger partial charge on any atom is 0.258 e. The van der Waals surface area contributed by atoms with Crippen LogP contribution in [0.5, 0.6) is 5.75 Å². The van der Waals surface area contributed by atoms with E-state index in [9.17, 15) is 4.79 Å². The molecule has 1 atom stereocenters. The SMILES string of the molecule is CC[C@H](NC(=O)COc1ccc2c(c1)CCCC2)c1ccccc1. The molecule has 0 spiro atoms. The Morgan fingerprint density at radius 1 is 1.08 bits per heavy atom. The first-order valence-electron chi connectivity index (χ1n) is 8.85. The number of hydrogen-bond acceptors (Lipinski definition) is 2. The molecule has 0 unspecified atom stereocenters. The Morgan fingerprint density at radius 3 is 2.58 bits per heavy atom. The molecule has 0 saturated carbocycles. The molecule has 2 aromatic carbocycles. The maximum atomic E-state index is 12.2. The lowest BCUT2D eigenvalue weighted by Gasteiger charge is -2.19. The van der Waals surface area contributed by atoms with E-state index in [-0.39, 0.29) is 18.6 Å². The summed E-state index contributed by atoms with van der Waals surface area (Å²) in [5.74, 6) is 0.710. The molecule has 1 N–H and O–H groups in total. The molecule has 1 aliphatic rings. The van der Waals surface area contributed by atoms with Gasteiger partial charge in [-0.2, -0.15) is 0 Å². The summed E-state index contributed by atoms with van der Waals surface area (Å²) in [7, 11) is 0. The molecular weight excluding hydrogens is 298 g/mol. The molecule has 2 aromatic rings. The molecule has 0 saturated heterocycles. The highest BCUT2D eigenvalue weighted by molar-refractivity contribution is 5.78. The molecule has 3 rings (SSSR count). The number of amides is 1. The van der Waals surface area contributed by atoms with Gasteiger partial charge in [0.05, 0.1) is 6.04 Å². The van der Waals surface area contributed by atoms with Crippen molar-refractivity contribution >= 4 is 5.91 Å². The average molecular weight is 323 g/mol. The number of carbonyl (C=O) groups excluding carboxylic acids is 1. The molecule has 0 bridgehead atoms. The third-order valence-electron chi connectivity index (χ3n) is 4.64. The molecule has 24 heavy (non-hydrogen) atoms. The van der Waals surface area contributed by atoms with E-state index in [1.807, 2.05) is 36.4 Å². The van der Waals surface area contributed by atoms with E-state index in [0.29, 0.717) is 0 Å². The normalized spacial score (nSPS) is 14.5. The summed E-state index contributed by atoms with van der Waals surface area (Å²) in [5.41, 5.74) is 3.92. The zero-order chi connectivity index (χ0) is 16.8. The lowest BCUT2D eigenvalue weighted by atomic mass is 9.92. The number of benzene rings is 2. The highest BCUT2D eigenvalue weighted by Crippen LogP contribution is 2.25. The van der Waals surface area contributed by atoms with Gasteiger partial charge < -0.3 is 10.1 Å². The van der Waals surface area contributed by atoms with Gasteiger partial charge >= 0.3 is 0 Å². The first-order chi connectivity index (χ1) is 11.8. The van der Waals surface area contributed by atoms with Crippen LogP contribution in [0.1, 0.15) is 48.9 Å². The maximum absolute atomic E-state index is 12.2. The predicted octanol–water partition coefficient (Wildman–Crippen LogP) is 4.21. The first-order valence-corrected chi connectivity index (χ1v) is 8.85. The Bertz CT molecular complexity index is 681. The van der Waals surface area contributed by atoms with Crippen LogP contribution in [0.4, 0.5) is 0 Å². The molecule has 126 valence electrons. The van der Waals surface area contributed by atoms with Crippen molar-refractivity contribution in [3.8, 4) is 5.75 Å². The summed E-state index contributed by atoms with van der Waals surface area (Å²) >= 11 is 0. The third kappa shape index (κ3) is 4.16. The number of carbonyl (C=O) groups is 1. The van der Waals surface area contributed by atoms with Crippen LogP contribution in [-0.2, 0) is 17.6 Å². The van der Waals surface area contributed by atoms with Crippen molar-refractivity contribution in [3.05, 3.63) is 65.2 Å². The number of nitrogens with one attached hydrogen (secondary N) is 1. The van der Waals surface area contributed by atoms with Crippen molar-refractivity contribution in [1.82, 2.24) is 5.32 Å². The van der Waals surface area contributed by atoms with Crippen LogP contribution in [0.3, 0.4) is 0 Å². The smallest absolute Gasteiger partial charge is 0.258 e. The Morgan fingerprint density at radius 2 is 1.83 bits per heavy atom. The van der Waals surface area contributed by atoms with Crippen molar-refractivity contribution in [2.75, 3.05) is 6.61 Å². The van der Waals surface area contributed by atoms with Crippen molar-refractivity contribution in [2.24, 2.45) is 0 Å². The number of aryl methyl sites for hydroxylation is 2. The van der Waals surface area contributed by atoms with Crippen LogP contribution in [0, 0.1) is 0 Å². The van der Waals surface area contributed by atoms with E-state index in [4.69, 9.17) is 4.74 Å². The van der Waals surface area contributed by atoms with Crippen LogP contribution in [-0.4, -0.2) is 12.5 Å². The zero-order valence-electron chi connectivity index (χ0n) is 14.3. The van der Waals surface area contributed by atoms with Gasteiger partial charge in [-0.15, -0.1) is 0 Å². The largest absolute Gasteiger partial charge is 0.484 e. The Balaban J connectivity index is 1.55. The number of ether oxygens (including phenoxy) is 1. The summed E-state index contributed by atoms with van der Waals surface area (Å²) in [6.07, 6.45) is 5.64. The van der Waals surface area contributed by atoms with E-state index < -0.39 is 0 Å². The van der Waals surface area contributed by atoms with Crippen molar-refractivity contribution in [2.45, 2.75) is 45.1 Å². The Labute approximate surface area is 144 Å². The van der Waals surface area contributed by atoms with Gasteiger partial charge in [0.1, 0.15) is 5.75 Å². The molecule has 1 amide bonds. The second kappa shape index (κ2) is 8.00. The Kier molecular flexibility index (Phi) is 5.52. The average Bonchev–Trinajstić information content (AvgIpc) is 2.65. The van der Waals surface area contributed by atoms with Gasteiger partial charge in [0.15, 0.2) is 6.61 Å². The lowest BCUT2D eigenvalue weighted by molar-refractivity contribution is -0.123. The molecule has 1 aliphatic carbocycles. The molecular formula is C21H25NO2. The number of rotatable bonds is 6. The monoisotopic (exact) mass is 323 g/mol. The number of fused-ring (bicyclic) bond motifs is 1. The summed E-state index contributed by atoms with van der Waals surface area (Å²) in [4.78, 5) is 12.2. The minimum Gasteiger partial charge on any atom is -0.484 e. The van der Waals surface area contributed by atoms with E-state index >= 15 is 0 Å². The van der Waals surface area contributed by atoms with Gasteiger partial charge in [0.25, 0.3) is 5.91 Å². The van der Waals surface area contributed by atoms with E-state index in [0.717, 1.165) is 30.6 Å². The molecule has 0 aliphatic heterocycles. The highest BCUT2D eigenvalue weighted by atomic mass is 16.5. The predicted molar refractivity (Wildman–Crippen MR) is 96.2 cm³/mol. The van der Waals surface area contributed by atoms with Crippen molar-refractivity contribution in [1.29, 1.82) is 0 Å². The van der Waals surface area contributed by atoms with Gasteiger partial charge in [-0.25, -0.2) is 0 Å². The van der Waals surface area contributed by atoms with E-state index in [1.165, 1.54) is 24.0 Å². The molecule has 0 radical (unpaired) electrons. The summed E-state index contributed by atoms with van der Waals surface area (Å²) in [6, 6.07) is 16.3. The summed E-state index contributed by atoms with van der Waals surface area (Å²) in [5, 5.41) is 3.05. The van der Waals surface area contributed by atoms with Gasteiger partial charge in [-0.1, -0.05) is 43.3 Å². The standard InChI is InChI=1S/C21H25NO2/c1-2-20(17-9-4-3-5-10-17)22-21(23)15-24-19-13-12-16-8-6-7-11-18(16)14-19/h3-5,9-10,12-14,20H,2,6-8,11,15H2,1H3,(H,22,23)/t20-/m0/s1. The van der Waals surface area contributed by atoms with E-state index in [1.54, 1.807) is 0 Å². The van der Waals surface area contributed by atoms with Crippen molar-refractivity contribution in [3.63, 3.8) is 0 Å². The van der Waals surface area contributed by atoms with Crippen LogP contribution in [0.25, 0.3) is 0 Å². The molecule has 0 heterocycles. The van der Waals surface area contributed by atoms with Crippen LogP contribution >= 0.6 is 0 Å². The summed E-state index contributed by atoms with van der Waals surface area (Å²) < 4.78 is 5.70. The quantitative estimate of drug-likeness (QED) is 0.865. The fraction of sp³-hybridized carbons (Fsp3) is 0.381. The number of hydrogen-bond donors (Lipinski definition) is 1. The second-order valence-electron chi connectivity index (χ2n) is 6.37. The molecule has 3 nitrogen and oxygen atoms in total. The highest BCUT2D eigenvalue weighted by Gasteiger charge is 2.14. The molecule has 0 fully saturated rings. The van der Waals surface area contributed by atoms with E-state index in [2.05, 4.69) is 24.4 Å². The van der Waals surface area contributed by atoms with Gasteiger partial charge in [-0.3, -0.25) is 4.79 Å². The van der Waals surface area contributed by atoms with Gasteiger partial charge in [0, 0.05) is 0 Å². The second-order valence-corrected chi connectivity index (χ2v) is 6.37. The van der Waals surface area contributed by atoms with Crippen molar-refractivity contribution < 1.29 is 9.53 Å². The van der Waals surface area contributed by atoms with Gasteiger partial charge in [-0.05, 0) is 60.9 Å². The van der Waals surface area contributed by atoms with Gasteiger partial charge in [0.2, 0.25) is 0 Å². The minimum absolute atomic E-state index is 0.0332. The minimum atomic E-state index is -0.0802. The zero-order valence-corrected chi connectivity index (χ0v) is 14.3. The first kappa shape index (κ1) is 16.6.